The Morgan fingerprint density at radius 2 is 2.20 bits per heavy atom. The summed E-state index contributed by atoms with van der Waals surface area (Å²) in [7, 11) is 2.01. The van der Waals surface area contributed by atoms with Crippen LogP contribution in [0.4, 0.5) is 4.39 Å². The van der Waals surface area contributed by atoms with Gasteiger partial charge in [-0.05, 0) is 55.1 Å². The minimum Gasteiger partial charge on any atom is -0.350 e. The fourth-order valence-corrected chi connectivity index (χ4v) is 2.92. The highest BCUT2D eigenvalue weighted by Crippen LogP contribution is 2.40. The first-order chi connectivity index (χ1) is 9.67. The Labute approximate surface area is 123 Å². The standard InChI is InChI=1S/C16H18ClFN2/c1-19-16(11-2-3-11)13-6-7-20(10-13)9-12-4-5-14(18)8-15(12)17/h4-8,10-11,16,19H,2-3,9H2,1H3. The van der Waals surface area contributed by atoms with E-state index in [0.29, 0.717) is 17.6 Å². The van der Waals surface area contributed by atoms with Crippen molar-refractivity contribution in [1.29, 1.82) is 0 Å². The minimum absolute atomic E-state index is 0.295. The lowest BCUT2D eigenvalue weighted by Crippen LogP contribution is -2.17. The third-order valence-corrected chi connectivity index (χ3v) is 4.26. The van der Waals surface area contributed by atoms with Crippen LogP contribution in [-0.4, -0.2) is 11.6 Å². The van der Waals surface area contributed by atoms with E-state index in [4.69, 9.17) is 11.6 Å². The maximum absolute atomic E-state index is 13.0. The third kappa shape index (κ3) is 2.89. The number of halogens is 2. The Morgan fingerprint density at radius 3 is 2.85 bits per heavy atom. The fourth-order valence-electron chi connectivity index (χ4n) is 2.69. The predicted octanol–water partition coefficient (Wildman–Crippen LogP) is 4.00. The van der Waals surface area contributed by atoms with Gasteiger partial charge in [-0.25, -0.2) is 4.39 Å². The van der Waals surface area contributed by atoms with Crippen LogP contribution in [0.3, 0.4) is 0 Å². The molecular formula is C16H18ClFN2. The lowest BCUT2D eigenvalue weighted by atomic mass is 10.1. The van der Waals surface area contributed by atoms with Crippen molar-refractivity contribution in [3.63, 3.8) is 0 Å². The molecule has 1 aliphatic rings. The Morgan fingerprint density at radius 1 is 1.40 bits per heavy atom. The summed E-state index contributed by atoms with van der Waals surface area (Å²) in [6.07, 6.45) is 6.82. The van der Waals surface area contributed by atoms with Gasteiger partial charge in [-0.1, -0.05) is 17.7 Å². The molecule has 0 amide bonds. The first-order valence-electron chi connectivity index (χ1n) is 6.94. The van der Waals surface area contributed by atoms with E-state index in [1.54, 1.807) is 6.07 Å². The van der Waals surface area contributed by atoms with Gasteiger partial charge in [0.2, 0.25) is 0 Å². The van der Waals surface area contributed by atoms with Crippen molar-refractivity contribution in [2.24, 2.45) is 5.92 Å². The van der Waals surface area contributed by atoms with Crippen molar-refractivity contribution >= 4 is 11.6 Å². The molecule has 0 aliphatic heterocycles. The summed E-state index contributed by atoms with van der Waals surface area (Å²) in [6.45, 7) is 0.667. The van der Waals surface area contributed by atoms with E-state index in [1.165, 1.54) is 30.5 Å². The summed E-state index contributed by atoms with van der Waals surface area (Å²) in [5.41, 5.74) is 2.25. The minimum atomic E-state index is -0.295. The zero-order valence-electron chi connectivity index (χ0n) is 11.4. The second kappa shape index (κ2) is 5.58. The van der Waals surface area contributed by atoms with Crippen LogP contribution in [0.1, 0.15) is 30.0 Å². The first kappa shape index (κ1) is 13.7. The maximum atomic E-state index is 13.0. The van der Waals surface area contributed by atoms with Gasteiger partial charge in [0.1, 0.15) is 5.82 Å². The zero-order chi connectivity index (χ0) is 14.1. The zero-order valence-corrected chi connectivity index (χ0v) is 12.2. The number of hydrogen-bond acceptors (Lipinski definition) is 1. The van der Waals surface area contributed by atoms with E-state index < -0.39 is 0 Å². The molecule has 1 N–H and O–H groups in total. The van der Waals surface area contributed by atoms with E-state index in [2.05, 4.69) is 28.3 Å². The first-order valence-corrected chi connectivity index (χ1v) is 7.32. The van der Waals surface area contributed by atoms with Crippen LogP contribution in [0.2, 0.25) is 5.02 Å². The van der Waals surface area contributed by atoms with Crippen LogP contribution in [0.5, 0.6) is 0 Å². The molecule has 0 radical (unpaired) electrons. The van der Waals surface area contributed by atoms with Gasteiger partial charge in [0.05, 0.1) is 0 Å². The number of hydrogen-bond donors (Lipinski definition) is 1. The van der Waals surface area contributed by atoms with Crippen molar-refractivity contribution < 1.29 is 4.39 Å². The van der Waals surface area contributed by atoms with E-state index in [0.717, 1.165) is 11.5 Å². The summed E-state index contributed by atoms with van der Waals surface area (Å²) >= 11 is 6.07. The van der Waals surface area contributed by atoms with Gasteiger partial charge < -0.3 is 9.88 Å². The number of nitrogens with zero attached hydrogens (tertiary/aromatic N) is 1. The topological polar surface area (TPSA) is 17.0 Å². The van der Waals surface area contributed by atoms with Gasteiger partial charge in [0, 0.05) is 30.0 Å². The highest BCUT2D eigenvalue weighted by Gasteiger charge is 2.31. The van der Waals surface area contributed by atoms with Crippen LogP contribution < -0.4 is 5.32 Å². The number of aromatic nitrogens is 1. The molecule has 0 bridgehead atoms. The van der Waals surface area contributed by atoms with Gasteiger partial charge in [0.25, 0.3) is 0 Å². The molecular weight excluding hydrogens is 275 g/mol. The van der Waals surface area contributed by atoms with Crippen molar-refractivity contribution in [2.45, 2.75) is 25.4 Å². The Kier molecular flexibility index (Phi) is 3.81. The summed E-state index contributed by atoms with van der Waals surface area (Å²) in [5, 5.41) is 3.87. The number of rotatable bonds is 5. The summed E-state index contributed by atoms with van der Waals surface area (Å²) in [4.78, 5) is 0. The molecule has 1 atom stereocenters. The molecule has 1 aromatic heterocycles. The largest absolute Gasteiger partial charge is 0.350 e. The lowest BCUT2D eigenvalue weighted by molar-refractivity contribution is 0.528. The molecule has 20 heavy (non-hydrogen) atoms. The Hall–Kier alpha value is -1.32. The lowest BCUT2D eigenvalue weighted by Gasteiger charge is -2.13. The SMILES string of the molecule is CNC(c1ccn(Cc2ccc(F)cc2Cl)c1)C1CC1. The highest BCUT2D eigenvalue weighted by atomic mass is 35.5. The van der Waals surface area contributed by atoms with Crippen molar-refractivity contribution in [3.8, 4) is 0 Å². The molecule has 0 saturated heterocycles. The van der Waals surface area contributed by atoms with E-state index in [-0.39, 0.29) is 5.82 Å². The summed E-state index contributed by atoms with van der Waals surface area (Å²) in [5.74, 6) is 0.473. The van der Waals surface area contributed by atoms with Crippen molar-refractivity contribution in [1.82, 2.24) is 9.88 Å². The molecule has 3 rings (SSSR count). The second-order valence-electron chi connectivity index (χ2n) is 5.46. The smallest absolute Gasteiger partial charge is 0.124 e. The van der Waals surface area contributed by atoms with Gasteiger partial charge in [-0.3, -0.25) is 0 Å². The van der Waals surface area contributed by atoms with Gasteiger partial charge >= 0.3 is 0 Å². The average Bonchev–Trinajstić information content (AvgIpc) is 3.14. The molecule has 106 valence electrons. The summed E-state index contributed by atoms with van der Waals surface area (Å²) in [6, 6.07) is 7.15. The van der Waals surface area contributed by atoms with Gasteiger partial charge in [-0.15, -0.1) is 0 Å². The molecule has 0 spiro atoms. The van der Waals surface area contributed by atoms with Crippen LogP contribution in [-0.2, 0) is 6.54 Å². The second-order valence-corrected chi connectivity index (χ2v) is 5.86. The van der Waals surface area contributed by atoms with Crippen LogP contribution in [0.15, 0.2) is 36.7 Å². The predicted molar refractivity (Wildman–Crippen MR) is 79.5 cm³/mol. The molecule has 1 aromatic carbocycles. The molecule has 1 saturated carbocycles. The third-order valence-electron chi connectivity index (χ3n) is 3.90. The van der Waals surface area contributed by atoms with Gasteiger partial charge in [0.15, 0.2) is 0 Å². The van der Waals surface area contributed by atoms with E-state index >= 15 is 0 Å². The quantitative estimate of drug-likeness (QED) is 0.881. The Balaban J connectivity index is 1.76. The summed E-state index contributed by atoms with van der Waals surface area (Å²) < 4.78 is 15.1. The monoisotopic (exact) mass is 292 g/mol. The molecule has 1 unspecified atom stereocenters. The van der Waals surface area contributed by atoms with Gasteiger partial charge in [-0.2, -0.15) is 0 Å². The molecule has 1 fully saturated rings. The van der Waals surface area contributed by atoms with E-state index in [9.17, 15) is 4.39 Å². The molecule has 2 nitrogen and oxygen atoms in total. The Bertz CT molecular complexity index is 604. The normalized spacial score (nSPS) is 16.4. The molecule has 4 heteroatoms. The number of benzene rings is 1. The van der Waals surface area contributed by atoms with Crippen molar-refractivity contribution in [3.05, 3.63) is 58.6 Å². The maximum Gasteiger partial charge on any atom is 0.124 e. The molecule has 1 aliphatic carbocycles. The molecule has 2 aromatic rings. The highest BCUT2D eigenvalue weighted by molar-refractivity contribution is 6.31. The number of nitrogens with one attached hydrogen (secondary N) is 1. The molecule has 1 heterocycles. The van der Waals surface area contributed by atoms with Crippen LogP contribution >= 0.6 is 11.6 Å². The van der Waals surface area contributed by atoms with Crippen LogP contribution in [0.25, 0.3) is 0 Å². The van der Waals surface area contributed by atoms with Crippen molar-refractivity contribution in [2.75, 3.05) is 7.05 Å². The van der Waals surface area contributed by atoms with E-state index in [1.807, 2.05) is 7.05 Å². The fraction of sp³-hybridized carbons (Fsp3) is 0.375. The average molecular weight is 293 g/mol. The van der Waals surface area contributed by atoms with Crippen LogP contribution in [0, 0.1) is 11.7 Å².